The van der Waals surface area contributed by atoms with Gasteiger partial charge in [-0.1, -0.05) is 24.3 Å². The van der Waals surface area contributed by atoms with Crippen LogP contribution >= 0.6 is 0 Å². The molecule has 0 aliphatic carbocycles. The standard InChI is InChI=1S/C26H33N3O5S/c1-20(30)22-12-14-24(15-13-22)35(33,34)28(2)16-6-7-25(31)27-19-21-8-10-23(11-9-21)26(32)29-17-4-3-5-18-29/h8-15H,3-7,16-19H2,1-2H3,(H,27,31). The van der Waals surface area contributed by atoms with Gasteiger partial charge in [0.1, 0.15) is 0 Å². The van der Waals surface area contributed by atoms with Crippen molar-refractivity contribution in [3.05, 3.63) is 65.2 Å². The number of ketones is 1. The summed E-state index contributed by atoms with van der Waals surface area (Å²) >= 11 is 0. The second-order valence-electron chi connectivity index (χ2n) is 8.84. The Hall–Kier alpha value is -3.04. The highest BCUT2D eigenvalue weighted by atomic mass is 32.2. The number of carbonyl (C=O) groups is 3. The Labute approximate surface area is 207 Å². The molecule has 0 atom stereocenters. The molecular weight excluding hydrogens is 466 g/mol. The smallest absolute Gasteiger partial charge is 0.253 e. The first-order valence-corrected chi connectivity index (χ1v) is 13.3. The van der Waals surface area contributed by atoms with Gasteiger partial charge in [-0.05, 0) is 62.4 Å². The number of nitrogens with zero attached hydrogens (tertiary/aromatic N) is 2. The van der Waals surface area contributed by atoms with Crippen molar-refractivity contribution in [1.29, 1.82) is 0 Å². The van der Waals surface area contributed by atoms with Crippen LogP contribution < -0.4 is 5.32 Å². The Morgan fingerprint density at radius 2 is 1.51 bits per heavy atom. The van der Waals surface area contributed by atoms with Crippen molar-refractivity contribution in [2.75, 3.05) is 26.7 Å². The van der Waals surface area contributed by atoms with Crippen molar-refractivity contribution >= 4 is 27.6 Å². The first-order chi connectivity index (χ1) is 16.7. The number of hydrogen-bond donors (Lipinski definition) is 1. The minimum Gasteiger partial charge on any atom is -0.352 e. The highest BCUT2D eigenvalue weighted by Crippen LogP contribution is 2.17. The summed E-state index contributed by atoms with van der Waals surface area (Å²) in [7, 11) is -2.22. The fraction of sp³-hybridized carbons (Fsp3) is 0.423. The number of benzene rings is 2. The topological polar surface area (TPSA) is 104 Å². The number of Topliss-reactive ketones (excluding diaryl/α,β-unsaturated/α-hetero) is 1. The third kappa shape index (κ3) is 7.22. The fourth-order valence-corrected chi connectivity index (χ4v) is 5.17. The van der Waals surface area contributed by atoms with Gasteiger partial charge >= 0.3 is 0 Å². The molecule has 1 N–H and O–H groups in total. The summed E-state index contributed by atoms with van der Waals surface area (Å²) in [6.07, 6.45) is 3.83. The van der Waals surface area contributed by atoms with E-state index in [1.54, 1.807) is 12.1 Å². The lowest BCUT2D eigenvalue weighted by atomic mass is 10.1. The normalized spacial score (nSPS) is 14.1. The fourth-order valence-electron chi connectivity index (χ4n) is 3.96. The van der Waals surface area contributed by atoms with Crippen molar-refractivity contribution in [3.8, 4) is 0 Å². The molecule has 0 aromatic heterocycles. The molecule has 8 nitrogen and oxygen atoms in total. The van der Waals surface area contributed by atoms with Gasteiger partial charge in [0.2, 0.25) is 15.9 Å². The Balaban J connectivity index is 1.42. The Bertz CT molecular complexity index is 1140. The van der Waals surface area contributed by atoms with E-state index in [0.29, 0.717) is 24.1 Å². The molecular formula is C26H33N3O5S. The maximum Gasteiger partial charge on any atom is 0.253 e. The van der Waals surface area contributed by atoms with E-state index in [0.717, 1.165) is 31.5 Å². The summed E-state index contributed by atoms with van der Waals surface area (Å²) in [6, 6.07) is 13.1. The lowest BCUT2D eigenvalue weighted by Crippen LogP contribution is -2.35. The number of carbonyl (C=O) groups excluding carboxylic acids is 3. The molecule has 3 rings (SSSR count). The van der Waals surface area contributed by atoms with E-state index >= 15 is 0 Å². The van der Waals surface area contributed by atoms with E-state index in [1.165, 1.54) is 49.0 Å². The molecule has 1 fully saturated rings. The van der Waals surface area contributed by atoms with Crippen molar-refractivity contribution in [3.63, 3.8) is 0 Å². The van der Waals surface area contributed by atoms with Crippen LogP contribution in [0.5, 0.6) is 0 Å². The van der Waals surface area contributed by atoms with Gasteiger partial charge in [0.25, 0.3) is 5.91 Å². The van der Waals surface area contributed by atoms with Gasteiger partial charge in [-0.25, -0.2) is 12.7 Å². The zero-order chi connectivity index (χ0) is 25.4. The second kappa shape index (κ2) is 12.1. The van der Waals surface area contributed by atoms with E-state index in [2.05, 4.69) is 5.32 Å². The molecule has 2 aromatic carbocycles. The summed E-state index contributed by atoms with van der Waals surface area (Å²) in [5.74, 6) is -0.251. The van der Waals surface area contributed by atoms with Crippen molar-refractivity contribution in [2.45, 2.75) is 50.5 Å². The molecule has 9 heteroatoms. The van der Waals surface area contributed by atoms with E-state index < -0.39 is 10.0 Å². The first-order valence-electron chi connectivity index (χ1n) is 11.9. The number of hydrogen-bond acceptors (Lipinski definition) is 5. The molecule has 0 radical (unpaired) electrons. The Kier molecular flexibility index (Phi) is 9.17. The molecule has 1 aliphatic rings. The van der Waals surface area contributed by atoms with Crippen molar-refractivity contribution in [1.82, 2.24) is 14.5 Å². The van der Waals surface area contributed by atoms with Gasteiger partial charge in [0.15, 0.2) is 5.78 Å². The lowest BCUT2D eigenvalue weighted by molar-refractivity contribution is -0.121. The van der Waals surface area contributed by atoms with E-state index in [9.17, 15) is 22.8 Å². The largest absolute Gasteiger partial charge is 0.352 e. The third-order valence-electron chi connectivity index (χ3n) is 6.18. The van der Waals surface area contributed by atoms with Crippen LogP contribution in [0.4, 0.5) is 0 Å². The monoisotopic (exact) mass is 499 g/mol. The lowest BCUT2D eigenvalue weighted by Gasteiger charge is -2.26. The van der Waals surface area contributed by atoms with Gasteiger partial charge in [-0.2, -0.15) is 0 Å². The highest BCUT2D eigenvalue weighted by molar-refractivity contribution is 7.89. The van der Waals surface area contributed by atoms with Crippen molar-refractivity contribution < 1.29 is 22.8 Å². The quantitative estimate of drug-likeness (QED) is 0.506. The van der Waals surface area contributed by atoms with Gasteiger partial charge in [-0.15, -0.1) is 0 Å². The minimum absolute atomic E-state index is 0.0501. The molecule has 1 saturated heterocycles. The molecule has 2 amide bonds. The number of amides is 2. The van der Waals surface area contributed by atoms with Crippen LogP contribution in [0.1, 0.15) is 65.3 Å². The van der Waals surface area contributed by atoms with Gasteiger partial charge in [0.05, 0.1) is 4.90 Å². The van der Waals surface area contributed by atoms with Crippen LogP contribution in [0.15, 0.2) is 53.4 Å². The molecule has 0 bridgehead atoms. The van der Waals surface area contributed by atoms with Crippen molar-refractivity contribution in [2.24, 2.45) is 0 Å². The first kappa shape index (κ1) is 26.6. The Morgan fingerprint density at radius 1 is 0.914 bits per heavy atom. The molecule has 0 spiro atoms. The van der Waals surface area contributed by atoms with Crippen LogP contribution in [-0.2, 0) is 21.4 Å². The van der Waals surface area contributed by atoms with Gasteiger partial charge in [-0.3, -0.25) is 14.4 Å². The molecule has 2 aromatic rings. The molecule has 0 saturated carbocycles. The van der Waals surface area contributed by atoms with Crippen LogP contribution in [0.25, 0.3) is 0 Å². The predicted molar refractivity (Wildman–Crippen MR) is 134 cm³/mol. The van der Waals surface area contributed by atoms with E-state index in [1.807, 2.05) is 17.0 Å². The number of nitrogens with one attached hydrogen (secondary N) is 1. The number of sulfonamides is 1. The maximum atomic E-state index is 12.7. The third-order valence-corrected chi connectivity index (χ3v) is 8.05. The van der Waals surface area contributed by atoms with E-state index in [4.69, 9.17) is 0 Å². The molecule has 1 aliphatic heterocycles. The molecule has 188 valence electrons. The van der Waals surface area contributed by atoms with Gasteiger partial charge < -0.3 is 10.2 Å². The summed E-state index contributed by atoms with van der Waals surface area (Å²) in [6.45, 7) is 3.57. The number of rotatable bonds is 10. The van der Waals surface area contributed by atoms with Gasteiger partial charge in [0, 0.05) is 50.8 Å². The molecule has 0 unspecified atom stereocenters. The van der Waals surface area contributed by atoms with E-state index in [-0.39, 0.29) is 35.5 Å². The highest BCUT2D eigenvalue weighted by Gasteiger charge is 2.21. The van der Waals surface area contributed by atoms with Crippen LogP contribution in [-0.4, -0.2) is 61.9 Å². The number of likely N-dealkylation sites (tertiary alicyclic amines) is 1. The molecule has 1 heterocycles. The Morgan fingerprint density at radius 3 is 2.11 bits per heavy atom. The van der Waals surface area contributed by atoms with Crippen LogP contribution in [0.3, 0.4) is 0 Å². The summed E-state index contributed by atoms with van der Waals surface area (Å²) < 4.78 is 26.6. The van der Waals surface area contributed by atoms with Crippen LogP contribution in [0.2, 0.25) is 0 Å². The zero-order valence-electron chi connectivity index (χ0n) is 20.3. The zero-order valence-corrected chi connectivity index (χ0v) is 21.1. The number of piperidine rings is 1. The summed E-state index contributed by atoms with van der Waals surface area (Å²) in [4.78, 5) is 38.2. The SMILES string of the molecule is CC(=O)c1ccc(S(=O)(=O)N(C)CCCC(=O)NCc2ccc(C(=O)N3CCCCC3)cc2)cc1. The predicted octanol–water partition coefficient (Wildman–Crippen LogP) is 3.23. The summed E-state index contributed by atoms with van der Waals surface area (Å²) in [5, 5.41) is 2.84. The maximum absolute atomic E-state index is 12.7. The average molecular weight is 500 g/mol. The second-order valence-corrected chi connectivity index (χ2v) is 10.9. The average Bonchev–Trinajstić information content (AvgIpc) is 2.87. The summed E-state index contributed by atoms with van der Waals surface area (Å²) in [5.41, 5.74) is 2.00. The van der Waals surface area contributed by atoms with Crippen LogP contribution in [0, 0.1) is 0 Å². The molecule has 35 heavy (non-hydrogen) atoms. The minimum atomic E-state index is -3.69.